The predicted octanol–water partition coefficient (Wildman–Crippen LogP) is 4.31. The summed E-state index contributed by atoms with van der Waals surface area (Å²) in [5.74, 6) is 0.960. The molecule has 0 spiro atoms. The van der Waals surface area contributed by atoms with E-state index in [-0.39, 0.29) is 0 Å². The van der Waals surface area contributed by atoms with Crippen LogP contribution in [0.25, 0.3) is 5.76 Å². The molecule has 0 unspecified atom stereocenters. The van der Waals surface area contributed by atoms with Crippen LogP contribution < -0.4 is 0 Å². The maximum atomic E-state index is 5.71. The number of hydrogen-bond donors (Lipinski definition) is 0. The second-order valence-corrected chi connectivity index (χ2v) is 4.06. The van der Waals surface area contributed by atoms with E-state index in [4.69, 9.17) is 4.74 Å². The molecule has 0 saturated heterocycles. The first-order chi connectivity index (χ1) is 8.90. The molecule has 0 aromatic heterocycles. The van der Waals surface area contributed by atoms with Crippen molar-refractivity contribution in [1.29, 1.82) is 0 Å². The van der Waals surface area contributed by atoms with Gasteiger partial charge in [-0.1, -0.05) is 60.7 Å². The fourth-order valence-electron chi connectivity index (χ4n) is 1.84. The minimum Gasteiger partial charge on any atom is -0.494 e. The van der Waals surface area contributed by atoms with Crippen LogP contribution in [0.1, 0.15) is 18.1 Å². The zero-order chi connectivity index (χ0) is 12.6. The lowest BCUT2D eigenvalue weighted by atomic mass is 10.1. The van der Waals surface area contributed by atoms with E-state index in [1.807, 2.05) is 31.2 Å². The number of ether oxygens (including phenoxy) is 1. The van der Waals surface area contributed by atoms with E-state index in [9.17, 15) is 0 Å². The Labute approximate surface area is 109 Å². The van der Waals surface area contributed by atoms with Crippen molar-refractivity contribution in [3.8, 4) is 0 Å². The Kier molecular flexibility index (Phi) is 4.60. The van der Waals surface area contributed by atoms with E-state index in [2.05, 4.69) is 42.5 Å². The molecule has 0 saturated carbocycles. The molecular formula is C17H18O. The van der Waals surface area contributed by atoms with Crippen LogP contribution in [0.3, 0.4) is 0 Å². The van der Waals surface area contributed by atoms with Gasteiger partial charge in [-0.25, -0.2) is 0 Å². The summed E-state index contributed by atoms with van der Waals surface area (Å²) < 4.78 is 5.71. The summed E-state index contributed by atoms with van der Waals surface area (Å²) in [5.41, 5.74) is 2.43. The van der Waals surface area contributed by atoms with Crippen molar-refractivity contribution in [1.82, 2.24) is 0 Å². The van der Waals surface area contributed by atoms with Gasteiger partial charge in [-0.3, -0.25) is 0 Å². The van der Waals surface area contributed by atoms with E-state index >= 15 is 0 Å². The van der Waals surface area contributed by atoms with Crippen LogP contribution >= 0.6 is 0 Å². The number of hydrogen-bond acceptors (Lipinski definition) is 1. The summed E-state index contributed by atoms with van der Waals surface area (Å²) in [6.45, 7) is 2.70. The zero-order valence-electron chi connectivity index (χ0n) is 10.7. The molecule has 1 heteroatoms. The van der Waals surface area contributed by atoms with Gasteiger partial charge in [-0.2, -0.15) is 0 Å². The number of rotatable bonds is 5. The summed E-state index contributed by atoms with van der Waals surface area (Å²) in [6.07, 6.45) is 3.04. The largest absolute Gasteiger partial charge is 0.494 e. The zero-order valence-corrected chi connectivity index (χ0v) is 10.7. The van der Waals surface area contributed by atoms with Gasteiger partial charge in [0.25, 0.3) is 0 Å². The summed E-state index contributed by atoms with van der Waals surface area (Å²) in [5, 5.41) is 0. The molecule has 0 bridgehead atoms. The number of allylic oxidation sites excluding steroid dienone is 1. The first kappa shape index (κ1) is 12.4. The normalized spacial score (nSPS) is 11.3. The molecule has 2 aromatic rings. The van der Waals surface area contributed by atoms with Gasteiger partial charge in [0, 0.05) is 5.56 Å². The Morgan fingerprint density at radius 1 is 0.944 bits per heavy atom. The van der Waals surface area contributed by atoms with Crippen LogP contribution in [-0.2, 0) is 11.2 Å². The predicted molar refractivity (Wildman–Crippen MR) is 76.2 cm³/mol. The Bertz CT molecular complexity index is 486. The first-order valence-electron chi connectivity index (χ1n) is 6.32. The number of benzene rings is 2. The third-order valence-electron chi connectivity index (χ3n) is 2.72. The van der Waals surface area contributed by atoms with Gasteiger partial charge in [0.05, 0.1) is 6.61 Å². The van der Waals surface area contributed by atoms with E-state index < -0.39 is 0 Å². The van der Waals surface area contributed by atoms with Crippen molar-refractivity contribution < 1.29 is 4.74 Å². The fourth-order valence-corrected chi connectivity index (χ4v) is 1.84. The second-order valence-electron chi connectivity index (χ2n) is 4.06. The standard InChI is InChI=1S/C17H18O/c1-2-18-17(16-11-7-4-8-12-16)14-13-15-9-5-3-6-10-15/h3-12,14H,2,13H2,1H3/b17-14+. The molecule has 0 amide bonds. The van der Waals surface area contributed by atoms with Gasteiger partial charge < -0.3 is 4.74 Å². The third kappa shape index (κ3) is 3.49. The highest BCUT2D eigenvalue weighted by Gasteiger charge is 2.00. The maximum absolute atomic E-state index is 5.71. The Morgan fingerprint density at radius 3 is 2.17 bits per heavy atom. The highest BCUT2D eigenvalue weighted by atomic mass is 16.5. The monoisotopic (exact) mass is 238 g/mol. The van der Waals surface area contributed by atoms with E-state index in [0.717, 1.165) is 17.7 Å². The van der Waals surface area contributed by atoms with Crippen LogP contribution in [0.15, 0.2) is 66.7 Å². The summed E-state index contributed by atoms with van der Waals surface area (Å²) in [4.78, 5) is 0. The quantitative estimate of drug-likeness (QED) is 0.705. The molecule has 0 fully saturated rings. The molecule has 0 aliphatic rings. The van der Waals surface area contributed by atoms with E-state index in [1.165, 1.54) is 5.56 Å². The van der Waals surface area contributed by atoms with Crippen molar-refractivity contribution >= 4 is 5.76 Å². The van der Waals surface area contributed by atoms with Crippen molar-refractivity contribution in [3.05, 3.63) is 77.9 Å². The molecule has 0 heterocycles. The topological polar surface area (TPSA) is 9.23 Å². The molecule has 2 aromatic carbocycles. The highest BCUT2D eigenvalue weighted by molar-refractivity contribution is 5.59. The van der Waals surface area contributed by atoms with Crippen LogP contribution in [0.4, 0.5) is 0 Å². The Balaban J connectivity index is 2.15. The molecule has 0 N–H and O–H groups in total. The average Bonchev–Trinajstić information content (AvgIpc) is 2.45. The van der Waals surface area contributed by atoms with Crippen LogP contribution in [0.2, 0.25) is 0 Å². The Hall–Kier alpha value is -2.02. The molecule has 0 radical (unpaired) electrons. The molecule has 0 atom stereocenters. The minimum atomic E-state index is 0.690. The molecular weight excluding hydrogens is 220 g/mol. The summed E-state index contributed by atoms with van der Waals surface area (Å²) in [6, 6.07) is 20.7. The van der Waals surface area contributed by atoms with Crippen molar-refractivity contribution in [2.24, 2.45) is 0 Å². The van der Waals surface area contributed by atoms with Gasteiger partial charge in [0.1, 0.15) is 5.76 Å². The van der Waals surface area contributed by atoms with Gasteiger partial charge >= 0.3 is 0 Å². The average molecular weight is 238 g/mol. The molecule has 2 rings (SSSR count). The SMILES string of the molecule is CCO/C(=C/Cc1ccccc1)c1ccccc1. The van der Waals surface area contributed by atoms with Crippen molar-refractivity contribution in [2.45, 2.75) is 13.3 Å². The maximum Gasteiger partial charge on any atom is 0.122 e. The van der Waals surface area contributed by atoms with Gasteiger partial charge in [0.2, 0.25) is 0 Å². The van der Waals surface area contributed by atoms with E-state index in [1.54, 1.807) is 0 Å². The van der Waals surface area contributed by atoms with Crippen LogP contribution in [-0.4, -0.2) is 6.61 Å². The van der Waals surface area contributed by atoms with Crippen molar-refractivity contribution in [3.63, 3.8) is 0 Å². The van der Waals surface area contributed by atoms with E-state index in [0.29, 0.717) is 6.61 Å². The lowest BCUT2D eigenvalue weighted by Crippen LogP contribution is -1.93. The second kappa shape index (κ2) is 6.65. The highest BCUT2D eigenvalue weighted by Crippen LogP contribution is 2.16. The minimum absolute atomic E-state index is 0.690. The summed E-state index contributed by atoms with van der Waals surface area (Å²) >= 11 is 0. The fraction of sp³-hybridized carbons (Fsp3) is 0.176. The molecule has 1 nitrogen and oxygen atoms in total. The summed E-state index contributed by atoms with van der Waals surface area (Å²) in [7, 11) is 0. The first-order valence-corrected chi connectivity index (χ1v) is 6.32. The van der Waals surface area contributed by atoms with Crippen LogP contribution in [0, 0.1) is 0 Å². The van der Waals surface area contributed by atoms with Gasteiger partial charge in [-0.15, -0.1) is 0 Å². The molecule has 18 heavy (non-hydrogen) atoms. The third-order valence-corrected chi connectivity index (χ3v) is 2.72. The van der Waals surface area contributed by atoms with Gasteiger partial charge in [-0.05, 0) is 25.0 Å². The molecule has 0 aliphatic heterocycles. The molecule has 0 aliphatic carbocycles. The Morgan fingerprint density at radius 2 is 1.56 bits per heavy atom. The lowest BCUT2D eigenvalue weighted by Gasteiger charge is -2.09. The van der Waals surface area contributed by atoms with Gasteiger partial charge in [0.15, 0.2) is 0 Å². The van der Waals surface area contributed by atoms with Crippen LogP contribution in [0.5, 0.6) is 0 Å². The smallest absolute Gasteiger partial charge is 0.122 e. The lowest BCUT2D eigenvalue weighted by molar-refractivity contribution is 0.297. The van der Waals surface area contributed by atoms with Crippen molar-refractivity contribution in [2.75, 3.05) is 6.61 Å². The molecule has 92 valence electrons.